The first-order chi connectivity index (χ1) is 15.5. The maximum Gasteiger partial charge on any atom is 0.282 e. The van der Waals surface area contributed by atoms with Crippen molar-refractivity contribution < 1.29 is 19.0 Å². The highest BCUT2D eigenvalue weighted by molar-refractivity contribution is 6.34. The minimum atomic E-state index is -0.241. The Kier molecular flexibility index (Phi) is 6.14. The first-order valence-corrected chi connectivity index (χ1v) is 10.2. The van der Waals surface area contributed by atoms with E-state index in [4.69, 9.17) is 25.8 Å². The molecular formula is C25H21ClN2O4. The highest BCUT2D eigenvalue weighted by Crippen LogP contribution is 2.32. The van der Waals surface area contributed by atoms with E-state index in [9.17, 15) is 4.79 Å². The number of halogens is 1. The second kappa shape index (κ2) is 9.16. The van der Waals surface area contributed by atoms with Crippen LogP contribution in [0.4, 0.5) is 5.69 Å². The summed E-state index contributed by atoms with van der Waals surface area (Å²) in [4.78, 5) is 19.7. The Morgan fingerprint density at radius 3 is 2.16 bits per heavy atom. The fourth-order valence-corrected chi connectivity index (χ4v) is 3.51. The Labute approximate surface area is 191 Å². The molecule has 1 amide bonds. The minimum Gasteiger partial charge on any atom is -0.497 e. The molecule has 0 aliphatic carbocycles. The number of ether oxygens (including phenoxy) is 3. The Balaban J connectivity index is 1.79. The number of hydrogen-bond acceptors (Lipinski definition) is 5. The molecule has 0 spiro atoms. The first-order valence-electron chi connectivity index (χ1n) is 9.81. The zero-order valence-electron chi connectivity index (χ0n) is 17.8. The number of benzene rings is 3. The van der Waals surface area contributed by atoms with Gasteiger partial charge >= 0.3 is 0 Å². The average molecular weight is 449 g/mol. The molecule has 0 saturated heterocycles. The van der Waals surface area contributed by atoms with Gasteiger partial charge in [0.05, 0.1) is 27.0 Å². The van der Waals surface area contributed by atoms with Crippen molar-refractivity contribution in [2.24, 2.45) is 4.99 Å². The smallest absolute Gasteiger partial charge is 0.282 e. The Bertz CT molecular complexity index is 1200. The Morgan fingerprint density at radius 2 is 1.53 bits per heavy atom. The lowest BCUT2D eigenvalue weighted by Gasteiger charge is -2.19. The molecule has 0 N–H and O–H groups in total. The predicted molar refractivity (Wildman–Crippen MR) is 126 cm³/mol. The molecule has 0 unspecified atom stereocenters. The second-order valence-electron chi connectivity index (χ2n) is 6.92. The molecule has 4 rings (SSSR count). The van der Waals surface area contributed by atoms with Gasteiger partial charge in [-0.05, 0) is 72.3 Å². The van der Waals surface area contributed by atoms with E-state index in [1.807, 2.05) is 30.3 Å². The number of rotatable bonds is 6. The number of amidine groups is 1. The van der Waals surface area contributed by atoms with Gasteiger partial charge in [-0.25, -0.2) is 4.99 Å². The van der Waals surface area contributed by atoms with Crippen molar-refractivity contribution in [3.63, 3.8) is 0 Å². The highest BCUT2D eigenvalue weighted by Gasteiger charge is 2.32. The van der Waals surface area contributed by atoms with Crippen LogP contribution in [0.2, 0.25) is 5.02 Å². The van der Waals surface area contributed by atoms with E-state index < -0.39 is 0 Å². The highest BCUT2D eigenvalue weighted by atomic mass is 35.5. The molecule has 162 valence electrons. The summed E-state index contributed by atoms with van der Waals surface area (Å²) < 4.78 is 15.9. The van der Waals surface area contributed by atoms with Crippen LogP contribution in [0.1, 0.15) is 11.1 Å². The number of methoxy groups -OCH3 is 3. The molecule has 0 saturated carbocycles. The summed E-state index contributed by atoms with van der Waals surface area (Å²) in [7, 11) is 4.74. The number of aliphatic imine (C=N–C) groups is 1. The zero-order chi connectivity index (χ0) is 22.7. The van der Waals surface area contributed by atoms with E-state index in [1.54, 1.807) is 68.7 Å². The quantitative estimate of drug-likeness (QED) is 0.486. The largest absolute Gasteiger partial charge is 0.497 e. The Hall–Kier alpha value is -3.77. The van der Waals surface area contributed by atoms with Crippen molar-refractivity contribution in [1.82, 2.24) is 0 Å². The predicted octanol–water partition coefficient (Wildman–Crippen LogP) is 5.20. The molecule has 0 atom stereocenters. The van der Waals surface area contributed by atoms with E-state index in [2.05, 4.69) is 4.99 Å². The lowest BCUT2D eigenvalue weighted by atomic mass is 10.1. The van der Waals surface area contributed by atoms with E-state index in [0.29, 0.717) is 39.5 Å². The lowest BCUT2D eigenvalue weighted by molar-refractivity contribution is -0.113. The first kappa shape index (κ1) is 21.5. The standard InChI is InChI=1S/C25H21ClN2O4/c1-30-20-11-9-19(10-12-20)28-24(17-5-7-18(26)8-6-17)27-21(25(28)29)14-16-4-13-22(31-2)23(15-16)32-3/h4-15H,1-3H3/b21-14+. The van der Waals surface area contributed by atoms with Gasteiger partial charge < -0.3 is 14.2 Å². The molecule has 3 aromatic carbocycles. The van der Waals surface area contributed by atoms with Crippen molar-refractivity contribution in [3.05, 3.63) is 88.6 Å². The van der Waals surface area contributed by atoms with Crippen molar-refractivity contribution in [2.75, 3.05) is 26.2 Å². The molecule has 0 radical (unpaired) electrons. The molecule has 1 aliphatic rings. The van der Waals surface area contributed by atoms with Gasteiger partial charge in [0.15, 0.2) is 11.5 Å². The maximum atomic E-state index is 13.4. The topological polar surface area (TPSA) is 60.4 Å². The number of carbonyl (C=O) groups is 1. The van der Waals surface area contributed by atoms with Crippen molar-refractivity contribution in [3.8, 4) is 17.2 Å². The van der Waals surface area contributed by atoms with Gasteiger partial charge in [0, 0.05) is 10.6 Å². The normalized spacial score (nSPS) is 14.5. The summed E-state index contributed by atoms with van der Waals surface area (Å²) in [6.07, 6.45) is 1.73. The van der Waals surface area contributed by atoms with Crippen molar-refractivity contribution >= 4 is 35.1 Å². The molecule has 1 aliphatic heterocycles. The summed E-state index contributed by atoms with van der Waals surface area (Å²) in [6, 6.07) is 19.9. The van der Waals surface area contributed by atoms with Crippen LogP contribution in [0.5, 0.6) is 17.2 Å². The van der Waals surface area contributed by atoms with Gasteiger partial charge in [0.25, 0.3) is 5.91 Å². The SMILES string of the molecule is COc1ccc(N2C(=O)/C(=C\c3ccc(OC)c(OC)c3)N=C2c2ccc(Cl)cc2)cc1. The van der Waals surface area contributed by atoms with E-state index in [-0.39, 0.29) is 5.91 Å². The average Bonchev–Trinajstić information content (AvgIpc) is 3.15. The van der Waals surface area contributed by atoms with Gasteiger partial charge in [-0.15, -0.1) is 0 Å². The molecule has 6 nitrogen and oxygen atoms in total. The van der Waals surface area contributed by atoms with Crippen LogP contribution in [-0.2, 0) is 4.79 Å². The number of nitrogens with zero attached hydrogens (tertiary/aromatic N) is 2. The van der Waals surface area contributed by atoms with Crippen molar-refractivity contribution in [2.45, 2.75) is 0 Å². The second-order valence-corrected chi connectivity index (χ2v) is 7.36. The van der Waals surface area contributed by atoms with Gasteiger partial charge in [-0.2, -0.15) is 0 Å². The summed E-state index contributed by atoms with van der Waals surface area (Å²) in [5, 5.41) is 0.607. The van der Waals surface area contributed by atoms with Crippen LogP contribution in [0.15, 0.2) is 77.4 Å². The van der Waals surface area contributed by atoms with Gasteiger partial charge in [0.2, 0.25) is 0 Å². The molecule has 3 aromatic rings. The van der Waals surface area contributed by atoms with E-state index in [1.165, 1.54) is 0 Å². The summed E-state index contributed by atoms with van der Waals surface area (Å²) >= 11 is 6.06. The minimum absolute atomic E-state index is 0.241. The third kappa shape index (κ3) is 4.18. The zero-order valence-corrected chi connectivity index (χ0v) is 18.6. The maximum absolute atomic E-state index is 13.4. The fourth-order valence-electron chi connectivity index (χ4n) is 3.38. The molecule has 0 aromatic heterocycles. The molecule has 0 bridgehead atoms. The van der Waals surface area contributed by atoms with Crippen LogP contribution in [0.3, 0.4) is 0 Å². The molecular weight excluding hydrogens is 428 g/mol. The third-order valence-corrected chi connectivity index (χ3v) is 5.26. The van der Waals surface area contributed by atoms with Gasteiger partial charge in [0.1, 0.15) is 17.3 Å². The molecule has 32 heavy (non-hydrogen) atoms. The number of hydrogen-bond donors (Lipinski definition) is 0. The van der Waals surface area contributed by atoms with Crippen LogP contribution in [0, 0.1) is 0 Å². The van der Waals surface area contributed by atoms with Crippen LogP contribution in [-0.4, -0.2) is 33.1 Å². The van der Waals surface area contributed by atoms with Gasteiger partial charge in [-0.1, -0.05) is 17.7 Å². The van der Waals surface area contributed by atoms with Crippen LogP contribution >= 0.6 is 11.6 Å². The molecule has 7 heteroatoms. The van der Waals surface area contributed by atoms with Crippen LogP contribution < -0.4 is 19.1 Å². The Morgan fingerprint density at radius 1 is 0.844 bits per heavy atom. The number of amides is 1. The summed E-state index contributed by atoms with van der Waals surface area (Å²) in [5.74, 6) is 2.16. The van der Waals surface area contributed by atoms with Crippen LogP contribution in [0.25, 0.3) is 6.08 Å². The summed E-state index contributed by atoms with van der Waals surface area (Å²) in [6.45, 7) is 0. The molecule has 1 heterocycles. The lowest BCUT2D eigenvalue weighted by Crippen LogP contribution is -2.32. The summed E-state index contributed by atoms with van der Waals surface area (Å²) in [5.41, 5.74) is 2.52. The van der Waals surface area contributed by atoms with E-state index >= 15 is 0 Å². The third-order valence-electron chi connectivity index (χ3n) is 5.00. The molecule has 0 fully saturated rings. The van der Waals surface area contributed by atoms with Crippen molar-refractivity contribution in [1.29, 1.82) is 0 Å². The fraction of sp³-hybridized carbons (Fsp3) is 0.120. The monoisotopic (exact) mass is 448 g/mol. The number of carbonyl (C=O) groups excluding carboxylic acids is 1. The van der Waals surface area contributed by atoms with E-state index in [0.717, 1.165) is 11.1 Å². The number of anilines is 1. The van der Waals surface area contributed by atoms with Gasteiger partial charge in [-0.3, -0.25) is 9.69 Å².